The van der Waals surface area contributed by atoms with E-state index in [1.165, 1.54) is 12.1 Å². The number of likely N-dealkylation sites (tertiary alicyclic amines) is 1. The number of amides is 1. The van der Waals surface area contributed by atoms with Gasteiger partial charge in [-0.1, -0.05) is 0 Å². The first-order valence-electron chi connectivity index (χ1n) is 8.47. The molecule has 7 heteroatoms. The molecule has 0 saturated carbocycles. The van der Waals surface area contributed by atoms with Crippen LogP contribution in [0.5, 0.6) is 0 Å². The summed E-state index contributed by atoms with van der Waals surface area (Å²) >= 11 is 0. The van der Waals surface area contributed by atoms with Gasteiger partial charge in [0.05, 0.1) is 5.52 Å². The van der Waals surface area contributed by atoms with Gasteiger partial charge in [-0.15, -0.1) is 0 Å². The second-order valence-electron chi connectivity index (χ2n) is 7.31. The summed E-state index contributed by atoms with van der Waals surface area (Å²) in [6.07, 6.45) is 3.11. The number of rotatable bonds is 2. The van der Waals surface area contributed by atoms with E-state index in [0.717, 1.165) is 12.8 Å². The molecule has 1 aromatic carbocycles. The standard InChI is InChI=1S/C18H23FN4O2/c1-18(2,3)25-17(24)23-8-4-5-14(11-23)21-16-20-10-12-9-13(19)6-7-15(12)22-16/h6-7,9-10,14H,4-5,8,11H2,1-3H3,(H,20,21,22)/t14-/m0/s1. The predicted molar refractivity (Wildman–Crippen MR) is 93.9 cm³/mol. The van der Waals surface area contributed by atoms with Gasteiger partial charge in [0, 0.05) is 30.7 Å². The highest BCUT2D eigenvalue weighted by Crippen LogP contribution is 2.19. The van der Waals surface area contributed by atoms with Crippen LogP contribution in [0.1, 0.15) is 33.6 Å². The first kappa shape index (κ1) is 17.4. The van der Waals surface area contributed by atoms with Crippen molar-refractivity contribution in [2.24, 2.45) is 0 Å². The Morgan fingerprint density at radius 2 is 2.20 bits per heavy atom. The summed E-state index contributed by atoms with van der Waals surface area (Å²) in [5.74, 6) is 0.173. The van der Waals surface area contributed by atoms with Crippen LogP contribution in [0.4, 0.5) is 15.1 Å². The van der Waals surface area contributed by atoms with Crippen molar-refractivity contribution >= 4 is 22.9 Å². The Labute approximate surface area is 146 Å². The molecule has 0 spiro atoms. The number of nitrogens with one attached hydrogen (secondary N) is 1. The molecular weight excluding hydrogens is 323 g/mol. The number of ether oxygens (including phenoxy) is 1. The van der Waals surface area contributed by atoms with Crippen LogP contribution in [0.25, 0.3) is 10.9 Å². The normalized spacial score (nSPS) is 18.2. The molecule has 1 aromatic heterocycles. The topological polar surface area (TPSA) is 67.3 Å². The molecule has 134 valence electrons. The number of hydrogen-bond acceptors (Lipinski definition) is 5. The highest BCUT2D eigenvalue weighted by molar-refractivity contribution is 5.78. The summed E-state index contributed by atoms with van der Waals surface area (Å²) in [4.78, 5) is 22.6. The van der Waals surface area contributed by atoms with Crippen LogP contribution in [0.15, 0.2) is 24.4 Å². The average molecular weight is 346 g/mol. The minimum Gasteiger partial charge on any atom is -0.444 e. The maximum Gasteiger partial charge on any atom is 0.410 e. The molecule has 0 unspecified atom stereocenters. The van der Waals surface area contributed by atoms with Gasteiger partial charge in [0.1, 0.15) is 11.4 Å². The monoisotopic (exact) mass is 346 g/mol. The summed E-state index contributed by atoms with van der Waals surface area (Å²) in [6, 6.07) is 4.47. The van der Waals surface area contributed by atoms with Crippen molar-refractivity contribution in [1.29, 1.82) is 0 Å². The number of nitrogens with zero attached hydrogens (tertiary/aromatic N) is 3. The maximum absolute atomic E-state index is 13.2. The van der Waals surface area contributed by atoms with Crippen molar-refractivity contribution in [3.05, 3.63) is 30.2 Å². The third-order valence-corrected chi connectivity index (χ3v) is 3.95. The SMILES string of the molecule is CC(C)(C)OC(=O)N1CCC[C@H](Nc2ncc3cc(F)ccc3n2)C1. The summed E-state index contributed by atoms with van der Waals surface area (Å²) in [5.41, 5.74) is 0.174. The Hall–Kier alpha value is -2.44. The zero-order chi connectivity index (χ0) is 18.0. The average Bonchev–Trinajstić information content (AvgIpc) is 2.54. The van der Waals surface area contributed by atoms with E-state index < -0.39 is 5.60 Å². The predicted octanol–water partition coefficient (Wildman–Crippen LogP) is 3.58. The van der Waals surface area contributed by atoms with Crippen molar-refractivity contribution in [3.63, 3.8) is 0 Å². The number of aromatic nitrogens is 2. The summed E-state index contributed by atoms with van der Waals surface area (Å²) < 4.78 is 18.7. The van der Waals surface area contributed by atoms with Crippen LogP contribution >= 0.6 is 0 Å². The number of halogens is 1. The Kier molecular flexibility index (Phi) is 4.74. The molecule has 0 aliphatic carbocycles. The van der Waals surface area contributed by atoms with E-state index in [9.17, 15) is 9.18 Å². The number of hydrogen-bond donors (Lipinski definition) is 1. The van der Waals surface area contributed by atoms with Gasteiger partial charge in [0.2, 0.25) is 5.95 Å². The molecule has 1 N–H and O–H groups in total. The lowest BCUT2D eigenvalue weighted by molar-refractivity contribution is 0.0206. The molecule has 2 heterocycles. The molecule has 1 atom stereocenters. The molecule has 1 amide bonds. The number of carbonyl (C=O) groups is 1. The molecule has 6 nitrogen and oxygen atoms in total. The van der Waals surface area contributed by atoms with Crippen LogP contribution in [-0.2, 0) is 4.74 Å². The van der Waals surface area contributed by atoms with E-state index in [4.69, 9.17) is 4.74 Å². The van der Waals surface area contributed by atoms with E-state index in [0.29, 0.717) is 29.9 Å². The molecule has 1 aliphatic heterocycles. The number of anilines is 1. The van der Waals surface area contributed by atoms with Crippen LogP contribution in [-0.4, -0.2) is 45.7 Å². The molecule has 0 bridgehead atoms. The van der Waals surface area contributed by atoms with Crippen LogP contribution in [0, 0.1) is 5.82 Å². The second kappa shape index (κ2) is 6.82. The van der Waals surface area contributed by atoms with Gasteiger partial charge in [0.25, 0.3) is 0 Å². The Morgan fingerprint density at radius 3 is 2.96 bits per heavy atom. The molecule has 1 aliphatic rings. The second-order valence-corrected chi connectivity index (χ2v) is 7.31. The molecule has 1 fully saturated rings. The van der Waals surface area contributed by atoms with Crippen molar-refractivity contribution in [3.8, 4) is 0 Å². The van der Waals surface area contributed by atoms with E-state index in [2.05, 4.69) is 15.3 Å². The van der Waals surface area contributed by atoms with Gasteiger partial charge in [-0.3, -0.25) is 0 Å². The largest absolute Gasteiger partial charge is 0.444 e. The minimum atomic E-state index is -0.506. The molecule has 25 heavy (non-hydrogen) atoms. The lowest BCUT2D eigenvalue weighted by Crippen LogP contribution is -2.47. The highest BCUT2D eigenvalue weighted by Gasteiger charge is 2.27. The first-order chi connectivity index (χ1) is 11.8. The number of carbonyl (C=O) groups excluding carboxylic acids is 1. The maximum atomic E-state index is 13.2. The summed E-state index contributed by atoms with van der Waals surface area (Å²) in [7, 11) is 0. The lowest BCUT2D eigenvalue weighted by atomic mass is 10.1. The number of fused-ring (bicyclic) bond motifs is 1. The zero-order valence-corrected chi connectivity index (χ0v) is 14.8. The fraction of sp³-hybridized carbons (Fsp3) is 0.500. The third kappa shape index (κ3) is 4.55. The van der Waals surface area contributed by atoms with Gasteiger partial charge in [-0.25, -0.2) is 19.2 Å². The van der Waals surface area contributed by atoms with Crippen molar-refractivity contribution in [2.75, 3.05) is 18.4 Å². The van der Waals surface area contributed by atoms with E-state index in [1.54, 1.807) is 17.2 Å². The smallest absolute Gasteiger partial charge is 0.410 e. The van der Waals surface area contributed by atoms with E-state index >= 15 is 0 Å². The highest BCUT2D eigenvalue weighted by atomic mass is 19.1. The van der Waals surface area contributed by atoms with Gasteiger partial charge in [-0.2, -0.15) is 0 Å². The van der Waals surface area contributed by atoms with E-state index in [-0.39, 0.29) is 18.0 Å². The lowest BCUT2D eigenvalue weighted by Gasteiger charge is -2.34. The molecule has 0 radical (unpaired) electrons. The summed E-state index contributed by atoms with van der Waals surface area (Å²) in [5, 5.41) is 3.93. The Morgan fingerprint density at radius 1 is 1.40 bits per heavy atom. The molecule has 3 rings (SSSR count). The number of benzene rings is 1. The van der Waals surface area contributed by atoms with Crippen LogP contribution in [0.3, 0.4) is 0 Å². The fourth-order valence-electron chi connectivity index (χ4n) is 2.84. The van der Waals surface area contributed by atoms with E-state index in [1.807, 2.05) is 20.8 Å². The first-order valence-corrected chi connectivity index (χ1v) is 8.47. The fourth-order valence-corrected chi connectivity index (χ4v) is 2.84. The Balaban J connectivity index is 1.66. The Bertz CT molecular complexity index is 775. The van der Waals surface area contributed by atoms with Gasteiger partial charge < -0.3 is 15.0 Å². The zero-order valence-electron chi connectivity index (χ0n) is 14.8. The van der Waals surface area contributed by atoms with Crippen LogP contribution < -0.4 is 5.32 Å². The molecule has 1 saturated heterocycles. The van der Waals surface area contributed by atoms with Gasteiger partial charge in [-0.05, 0) is 51.8 Å². The van der Waals surface area contributed by atoms with Gasteiger partial charge >= 0.3 is 6.09 Å². The van der Waals surface area contributed by atoms with Crippen molar-refractivity contribution < 1.29 is 13.9 Å². The van der Waals surface area contributed by atoms with Crippen LogP contribution in [0.2, 0.25) is 0 Å². The summed E-state index contributed by atoms with van der Waals surface area (Å²) in [6.45, 7) is 6.80. The number of piperidine rings is 1. The van der Waals surface area contributed by atoms with Gasteiger partial charge in [0.15, 0.2) is 0 Å². The van der Waals surface area contributed by atoms with Crippen molar-refractivity contribution in [1.82, 2.24) is 14.9 Å². The van der Waals surface area contributed by atoms with Crippen molar-refractivity contribution in [2.45, 2.75) is 45.3 Å². The quantitative estimate of drug-likeness (QED) is 0.900. The molecular formula is C18H23FN4O2. The minimum absolute atomic E-state index is 0.0548. The molecule has 2 aromatic rings. The third-order valence-electron chi connectivity index (χ3n) is 3.95.